The van der Waals surface area contributed by atoms with E-state index in [0.29, 0.717) is 11.4 Å². The van der Waals surface area contributed by atoms with Crippen LogP contribution in [0, 0.1) is 0 Å². The van der Waals surface area contributed by atoms with Gasteiger partial charge in [0.2, 0.25) is 0 Å². The molecule has 2 rings (SSSR count). The highest BCUT2D eigenvalue weighted by Gasteiger charge is 2.18. The van der Waals surface area contributed by atoms with E-state index in [1.165, 1.54) is 12.1 Å². The first-order valence-electron chi connectivity index (χ1n) is 6.62. The summed E-state index contributed by atoms with van der Waals surface area (Å²) in [5.41, 5.74) is 0.333. The summed E-state index contributed by atoms with van der Waals surface area (Å²) in [5, 5.41) is 11.7. The second-order valence-electron chi connectivity index (χ2n) is 5.63. The molecule has 7 nitrogen and oxygen atoms in total. The number of carbonyl (C=O) groups excluding carboxylic acids is 1. The van der Waals surface area contributed by atoms with Crippen molar-refractivity contribution in [2.45, 2.75) is 26.4 Å². The minimum absolute atomic E-state index is 0.0647. The van der Waals surface area contributed by atoms with Gasteiger partial charge in [0.25, 0.3) is 0 Å². The van der Waals surface area contributed by atoms with Gasteiger partial charge < -0.3 is 14.4 Å². The van der Waals surface area contributed by atoms with Gasteiger partial charge in [-0.15, -0.1) is 0 Å². The van der Waals surface area contributed by atoms with Crippen molar-refractivity contribution in [1.82, 2.24) is 9.55 Å². The van der Waals surface area contributed by atoms with Crippen LogP contribution in [0.25, 0.3) is 5.69 Å². The van der Waals surface area contributed by atoms with Crippen LogP contribution in [0.5, 0.6) is 0 Å². The molecule has 0 aliphatic carbocycles. The lowest BCUT2D eigenvalue weighted by molar-refractivity contribution is 0.0632. The van der Waals surface area contributed by atoms with Crippen molar-refractivity contribution in [2.24, 2.45) is 0 Å². The molecule has 0 fully saturated rings. The number of carboxylic acid groups (broad SMARTS) is 1. The van der Waals surface area contributed by atoms with Gasteiger partial charge in [-0.2, -0.15) is 0 Å². The summed E-state index contributed by atoms with van der Waals surface area (Å²) >= 11 is 0. The average molecular weight is 303 g/mol. The molecule has 2 aromatic rings. The maximum atomic E-state index is 11.9. The molecule has 1 aromatic heterocycles. The number of nitrogens with one attached hydrogen (secondary N) is 1. The molecule has 2 N–H and O–H groups in total. The Morgan fingerprint density at radius 1 is 1.32 bits per heavy atom. The third kappa shape index (κ3) is 3.85. The molecule has 0 bridgehead atoms. The van der Waals surface area contributed by atoms with Crippen LogP contribution < -0.4 is 5.32 Å². The van der Waals surface area contributed by atoms with Crippen molar-refractivity contribution < 1.29 is 19.4 Å². The van der Waals surface area contributed by atoms with E-state index < -0.39 is 17.7 Å². The number of benzene rings is 1. The topological polar surface area (TPSA) is 93.5 Å². The molecule has 0 spiro atoms. The number of imidazole rings is 1. The van der Waals surface area contributed by atoms with Gasteiger partial charge in [0.1, 0.15) is 5.60 Å². The van der Waals surface area contributed by atoms with Crippen molar-refractivity contribution in [3.8, 4) is 5.69 Å². The number of ether oxygens (including phenoxy) is 1. The zero-order chi connectivity index (χ0) is 16.3. The Kier molecular flexibility index (Phi) is 4.16. The van der Waals surface area contributed by atoms with Crippen LogP contribution in [0.2, 0.25) is 0 Å². The van der Waals surface area contributed by atoms with Gasteiger partial charge >= 0.3 is 12.1 Å². The molecule has 1 amide bonds. The van der Waals surface area contributed by atoms with E-state index in [4.69, 9.17) is 9.84 Å². The molecule has 0 radical (unpaired) electrons. The van der Waals surface area contributed by atoms with Crippen molar-refractivity contribution in [3.05, 3.63) is 42.5 Å². The van der Waals surface area contributed by atoms with E-state index in [1.54, 1.807) is 50.1 Å². The number of aromatic nitrogens is 2. The summed E-state index contributed by atoms with van der Waals surface area (Å²) in [4.78, 5) is 27.0. The van der Waals surface area contributed by atoms with E-state index in [-0.39, 0.29) is 5.56 Å². The zero-order valence-electron chi connectivity index (χ0n) is 12.5. The summed E-state index contributed by atoms with van der Waals surface area (Å²) in [5.74, 6) is -1.08. The molecule has 0 saturated carbocycles. The normalized spacial score (nSPS) is 11.0. The number of nitrogens with zero attached hydrogens (tertiary/aromatic N) is 2. The highest BCUT2D eigenvalue weighted by atomic mass is 16.6. The molecule has 22 heavy (non-hydrogen) atoms. The molecule has 1 aromatic carbocycles. The van der Waals surface area contributed by atoms with Crippen LogP contribution in [0.15, 0.2) is 36.9 Å². The van der Waals surface area contributed by atoms with Gasteiger partial charge in [-0.05, 0) is 39.0 Å². The van der Waals surface area contributed by atoms with Crippen molar-refractivity contribution in [3.63, 3.8) is 0 Å². The Morgan fingerprint density at radius 2 is 2.05 bits per heavy atom. The minimum atomic E-state index is -1.08. The molecule has 0 atom stereocenters. The SMILES string of the molecule is CC(C)(C)OC(=O)Nc1cc(C(=O)O)ccc1-n1ccnc1. The first kappa shape index (κ1) is 15.6. The summed E-state index contributed by atoms with van der Waals surface area (Å²) in [6.07, 6.45) is 4.17. The van der Waals surface area contributed by atoms with Gasteiger partial charge in [-0.3, -0.25) is 5.32 Å². The maximum Gasteiger partial charge on any atom is 0.412 e. The van der Waals surface area contributed by atoms with E-state index in [2.05, 4.69) is 10.3 Å². The number of carboxylic acids is 1. The molecule has 116 valence electrons. The fraction of sp³-hybridized carbons (Fsp3) is 0.267. The summed E-state index contributed by atoms with van der Waals surface area (Å²) < 4.78 is 6.86. The molecule has 1 heterocycles. The number of carbonyl (C=O) groups is 2. The van der Waals surface area contributed by atoms with E-state index in [0.717, 1.165) is 0 Å². The van der Waals surface area contributed by atoms with E-state index >= 15 is 0 Å². The lowest BCUT2D eigenvalue weighted by atomic mass is 10.1. The number of hydrogen-bond donors (Lipinski definition) is 2. The smallest absolute Gasteiger partial charge is 0.412 e. The highest BCUT2D eigenvalue weighted by molar-refractivity contribution is 5.93. The maximum absolute atomic E-state index is 11.9. The monoisotopic (exact) mass is 303 g/mol. The molecule has 0 saturated heterocycles. The summed E-state index contributed by atoms with van der Waals surface area (Å²) in [6.45, 7) is 5.24. The van der Waals surface area contributed by atoms with Gasteiger partial charge in [0.15, 0.2) is 0 Å². The van der Waals surface area contributed by atoms with Crippen LogP contribution in [-0.2, 0) is 4.74 Å². The average Bonchev–Trinajstić information content (AvgIpc) is 2.89. The number of rotatable bonds is 3. The fourth-order valence-electron chi connectivity index (χ4n) is 1.81. The Balaban J connectivity index is 2.36. The van der Waals surface area contributed by atoms with Gasteiger partial charge in [0.05, 0.1) is 23.3 Å². The first-order chi connectivity index (χ1) is 10.3. The largest absolute Gasteiger partial charge is 0.478 e. The van der Waals surface area contributed by atoms with Crippen LogP contribution in [-0.4, -0.2) is 32.3 Å². The second kappa shape index (κ2) is 5.88. The van der Waals surface area contributed by atoms with Crippen LogP contribution in [0.1, 0.15) is 31.1 Å². The molecular formula is C15H17N3O4. The Morgan fingerprint density at radius 3 is 2.59 bits per heavy atom. The second-order valence-corrected chi connectivity index (χ2v) is 5.63. The zero-order valence-corrected chi connectivity index (χ0v) is 12.5. The van der Waals surface area contributed by atoms with Crippen LogP contribution in [0.4, 0.5) is 10.5 Å². The number of hydrogen-bond acceptors (Lipinski definition) is 4. The van der Waals surface area contributed by atoms with Gasteiger partial charge in [-0.25, -0.2) is 14.6 Å². The standard InChI is InChI=1S/C15H17N3O4/c1-15(2,3)22-14(21)17-11-8-10(13(19)20)4-5-12(11)18-7-6-16-9-18/h4-9H,1-3H3,(H,17,21)(H,19,20). The molecule has 0 unspecified atom stereocenters. The first-order valence-corrected chi connectivity index (χ1v) is 6.62. The van der Waals surface area contributed by atoms with Crippen LogP contribution in [0.3, 0.4) is 0 Å². The van der Waals surface area contributed by atoms with Crippen molar-refractivity contribution in [2.75, 3.05) is 5.32 Å². The predicted molar refractivity (Wildman–Crippen MR) is 80.4 cm³/mol. The highest BCUT2D eigenvalue weighted by Crippen LogP contribution is 2.23. The van der Waals surface area contributed by atoms with Crippen molar-refractivity contribution >= 4 is 17.7 Å². The Hall–Kier alpha value is -2.83. The lowest BCUT2D eigenvalue weighted by Gasteiger charge is -2.20. The van der Waals surface area contributed by atoms with Gasteiger partial charge in [0, 0.05) is 12.4 Å². The minimum Gasteiger partial charge on any atom is -0.478 e. The molecular weight excluding hydrogens is 286 g/mol. The third-order valence-corrected chi connectivity index (χ3v) is 2.66. The summed E-state index contributed by atoms with van der Waals surface area (Å²) in [7, 11) is 0. The third-order valence-electron chi connectivity index (χ3n) is 2.66. The number of amides is 1. The summed E-state index contributed by atoms with van der Waals surface area (Å²) in [6, 6.07) is 4.43. The molecule has 0 aliphatic rings. The number of anilines is 1. The lowest BCUT2D eigenvalue weighted by Crippen LogP contribution is -2.27. The Bertz CT molecular complexity index is 687. The van der Waals surface area contributed by atoms with Crippen LogP contribution >= 0.6 is 0 Å². The predicted octanol–water partition coefficient (Wildman–Crippen LogP) is 2.92. The van der Waals surface area contributed by atoms with Gasteiger partial charge in [-0.1, -0.05) is 0 Å². The van der Waals surface area contributed by atoms with Crippen molar-refractivity contribution in [1.29, 1.82) is 0 Å². The fourth-order valence-corrected chi connectivity index (χ4v) is 1.81. The molecule has 7 heteroatoms. The quantitative estimate of drug-likeness (QED) is 0.909. The molecule has 0 aliphatic heterocycles. The Labute approximate surface area is 127 Å². The van der Waals surface area contributed by atoms with E-state index in [1.807, 2.05) is 0 Å². The van der Waals surface area contributed by atoms with E-state index in [9.17, 15) is 9.59 Å². The number of aromatic carboxylic acids is 1.